The molecule has 0 N–H and O–H groups in total. The molecule has 0 unspecified atom stereocenters. The number of nitrogens with zero attached hydrogens (tertiary/aromatic N) is 2. The first-order chi connectivity index (χ1) is 4.72. The smallest absolute Gasteiger partial charge is 0.128 e. The van der Waals surface area contributed by atoms with E-state index in [-0.39, 0.29) is 0 Å². The molecule has 0 aliphatic rings. The van der Waals surface area contributed by atoms with E-state index in [2.05, 4.69) is 4.98 Å². The highest BCUT2D eigenvalue weighted by atomic mass is 32.1. The fourth-order valence-corrected chi connectivity index (χ4v) is 1.27. The van der Waals surface area contributed by atoms with Crippen molar-refractivity contribution in [3.63, 3.8) is 0 Å². The first-order valence-corrected chi connectivity index (χ1v) is 4.17. The summed E-state index contributed by atoms with van der Waals surface area (Å²) in [5.74, 6) is 0. The Labute approximate surface area is 69.5 Å². The molecule has 0 atom stereocenters. The highest BCUT2D eigenvalue weighted by molar-refractivity contribution is 7.80. The Bertz CT molecular complexity index is 216. The molecule has 54 valence electrons. The lowest BCUT2D eigenvalue weighted by Crippen LogP contribution is -2.20. The van der Waals surface area contributed by atoms with E-state index in [1.54, 1.807) is 16.8 Å². The van der Waals surface area contributed by atoms with E-state index >= 15 is 0 Å². The third kappa shape index (κ3) is 1.52. The van der Waals surface area contributed by atoms with E-state index in [9.17, 15) is 0 Å². The maximum absolute atomic E-state index is 5.07. The van der Waals surface area contributed by atoms with Crippen LogP contribution in [0.2, 0.25) is 0 Å². The fourth-order valence-electron chi connectivity index (χ4n) is 0.547. The van der Waals surface area contributed by atoms with Crippen LogP contribution in [0.25, 0.3) is 0 Å². The summed E-state index contributed by atoms with van der Waals surface area (Å²) in [7, 11) is 3.84. The SMILES string of the molecule is CN(C)C(=S)c1cscn1. The maximum atomic E-state index is 5.07. The number of thiocarbonyl (C=S) groups is 1. The van der Waals surface area contributed by atoms with Gasteiger partial charge in [0, 0.05) is 19.5 Å². The van der Waals surface area contributed by atoms with E-state index < -0.39 is 0 Å². The van der Waals surface area contributed by atoms with Gasteiger partial charge in [-0.3, -0.25) is 0 Å². The lowest BCUT2D eigenvalue weighted by atomic mass is 10.5. The molecule has 0 saturated heterocycles. The lowest BCUT2D eigenvalue weighted by Gasteiger charge is -2.10. The van der Waals surface area contributed by atoms with Crippen molar-refractivity contribution in [1.82, 2.24) is 9.88 Å². The molecule has 10 heavy (non-hydrogen) atoms. The van der Waals surface area contributed by atoms with Gasteiger partial charge in [0.05, 0.1) is 5.51 Å². The summed E-state index contributed by atoms with van der Waals surface area (Å²) in [5.41, 5.74) is 2.68. The van der Waals surface area contributed by atoms with Crippen LogP contribution in [0.15, 0.2) is 10.9 Å². The van der Waals surface area contributed by atoms with Gasteiger partial charge in [-0.2, -0.15) is 0 Å². The van der Waals surface area contributed by atoms with Gasteiger partial charge in [-0.05, 0) is 0 Å². The zero-order valence-electron chi connectivity index (χ0n) is 5.87. The van der Waals surface area contributed by atoms with Gasteiger partial charge in [-0.1, -0.05) is 12.2 Å². The summed E-state index contributed by atoms with van der Waals surface area (Å²) in [6.45, 7) is 0. The lowest BCUT2D eigenvalue weighted by molar-refractivity contribution is 0.635. The second-order valence-corrected chi connectivity index (χ2v) is 3.18. The number of aromatic nitrogens is 1. The molecule has 0 amide bonds. The minimum atomic E-state index is 0.793. The number of hydrogen-bond donors (Lipinski definition) is 0. The van der Waals surface area contributed by atoms with Crippen molar-refractivity contribution < 1.29 is 0 Å². The van der Waals surface area contributed by atoms with Gasteiger partial charge in [0.25, 0.3) is 0 Å². The van der Waals surface area contributed by atoms with E-state index in [4.69, 9.17) is 12.2 Å². The highest BCUT2D eigenvalue weighted by Gasteiger charge is 2.03. The van der Waals surface area contributed by atoms with Crippen molar-refractivity contribution in [2.45, 2.75) is 0 Å². The Balaban J connectivity index is 2.78. The van der Waals surface area contributed by atoms with Gasteiger partial charge in [-0.15, -0.1) is 11.3 Å². The molecule has 0 bridgehead atoms. The van der Waals surface area contributed by atoms with Gasteiger partial charge in [0.15, 0.2) is 0 Å². The summed E-state index contributed by atoms with van der Waals surface area (Å²) in [6.07, 6.45) is 0. The molecule has 1 rings (SSSR count). The molecule has 0 spiro atoms. The predicted molar refractivity (Wildman–Crippen MR) is 47.5 cm³/mol. The molecule has 2 nitrogen and oxygen atoms in total. The first kappa shape index (κ1) is 7.63. The molecule has 1 aromatic rings. The minimum Gasteiger partial charge on any atom is -0.367 e. The van der Waals surface area contributed by atoms with Gasteiger partial charge in [0.1, 0.15) is 10.7 Å². The number of hydrogen-bond acceptors (Lipinski definition) is 3. The first-order valence-electron chi connectivity index (χ1n) is 2.81. The van der Waals surface area contributed by atoms with Gasteiger partial charge >= 0.3 is 0 Å². The number of rotatable bonds is 1. The summed E-state index contributed by atoms with van der Waals surface area (Å²) in [4.78, 5) is 6.75. The molecule has 0 fully saturated rings. The highest BCUT2D eigenvalue weighted by Crippen LogP contribution is 2.03. The summed E-state index contributed by atoms with van der Waals surface area (Å²) < 4.78 is 0. The van der Waals surface area contributed by atoms with Crippen LogP contribution in [0.5, 0.6) is 0 Å². The molecule has 0 aromatic carbocycles. The summed E-state index contributed by atoms with van der Waals surface area (Å²) >= 11 is 6.63. The Morgan fingerprint density at radius 1 is 1.70 bits per heavy atom. The van der Waals surface area contributed by atoms with E-state index in [0.717, 1.165) is 10.7 Å². The Morgan fingerprint density at radius 2 is 2.40 bits per heavy atom. The third-order valence-electron chi connectivity index (χ3n) is 1.06. The van der Waals surface area contributed by atoms with Crippen LogP contribution in [-0.4, -0.2) is 29.0 Å². The maximum Gasteiger partial charge on any atom is 0.128 e. The molecule has 0 aliphatic carbocycles. The Kier molecular flexibility index (Phi) is 2.34. The minimum absolute atomic E-state index is 0.793. The molecule has 0 radical (unpaired) electrons. The van der Waals surface area contributed by atoms with Crippen LogP contribution >= 0.6 is 23.6 Å². The molecule has 0 aliphatic heterocycles. The second-order valence-electron chi connectivity index (χ2n) is 2.07. The molecule has 4 heteroatoms. The van der Waals surface area contributed by atoms with Crippen LogP contribution < -0.4 is 0 Å². The molecular formula is C6H8N2S2. The van der Waals surface area contributed by atoms with E-state index in [1.165, 1.54) is 0 Å². The zero-order valence-corrected chi connectivity index (χ0v) is 7.50. The molecular weight excluding hydrogens is 164 g/mol. The molecule has 1 aromatic heterocycles. The number of thiazole rings is 1. The molecule has 1 heterocycles. The topological polar surface area (TPSA) is 16.1 Å². The van der Waals surface area contributed by atoms with Crippen molar-refractivity contribution in [2.75, 3.05) is 14.1 Å². The van der Waals surface area contributed by atoms with E-state index in [1.807, 2.05) is 24.4 Å². The van der Waals surface area contributed by atoms with Crippen molar-refractivity contribution in [3.05, 3.63) is 16.6 Å². The van der Waals surface area contributed by atoms with Crippen LogP contribution in [-0.2, 0) is 0 Å². The predicted octanol–water partition coefficient (Wildman–Crippen LogP) is 1.38. The standard InChI is InChI=1S/C6H8N2S2/c1-8(2)6(9)5-3-10-4-7-5/h3-4H,1-2H3. The third-order valence-corrected chi connectivity index (χ3v) is 2.22. The quantitative estimate of drug-likeness (QED) is 0.595. The summed E-state index contributed by atoms with van der Waals surface area (Å²) in [5, 5.41) is 1.95. The zero-order chi connectivity index (χ0) is 7.56. The van der Waals surface area contributed by atoms with Crippen LogP contribution in [0.3, 0.4) is 0 Å². The van der Waals surface area contributed by atoms with Gasteiger partial charge in [-0.25, -0.2) is 4.98 Å². The van der Waals surface area contributed by atoms with E-state index in [0.29, 0.717) is 0 Å². The van der Waals surface area contributed by atoms with Crippen LogP contribution in [0.4, 0.5) is 0 Å². The van der Waals surface area contributed by atoms with Crippen molar-refractivity contribution >= 4 is 28.5 Å². The fraction of sp³-hybridized carbons (Fsp3) is 0.333. The average molecular weight is 172 g/mol. The van der Waals surface area contributed by atoms with Crippen LogP contribution in [0, 0.1) is 0 Å². The Hall–Kier alpha value is -0.480. The largest absolute Gasteiger partial charge is 0.367 e. The molecule has 0 saturated carbocycles. The Morgan fingerprint density at radius 3 is 2.80 bits per heavy atom. The normalized spacial score (nSPS) is 9.40. The summed E-state index contributed by atoms with van der Waals surface area (Å²) in [6, 6.07) is 0. The average Bonchev–Trinajstić information content (AvgIpc) is 2.36. The monoisotopic (exact) mass is 172 g/mol. The van der Waals surface area contributed by atoms with Crippen molar-refractivity contribution in [1.29, 1.82) is 0 Å². The van der Waals surface area contributed by atoms with Gasteiger partial charge < -0.3 is 4.90 Å². The second kappa shape index (κ2) is 3.07. The van der Waals surface area contributed by atoms with Gasteiger partial charge in [0.2, 0.25) is 0 Å². The van der Waals surface area contributed by atoms with Crippen molar-refractivity contribution in [3.8, 4) is 0 Å². The van der Waals surface area contributed by atoms with Crippen molar-refractivity contribution in [2.24, 2.45) is 0 Å². The van der Waals surface area contributed by atoms with Crippen LogP contribution in [0.1, 0.15) is 5.69 Å².